The summed E-state index contributed by atoms with van der Waals surface area (Å²) >= 11 is 1.37. The Morgan fingerprint density at radius 1 is 1.18 bits per heavy atom. The maximum absolute atomic E-state index is 13.1. The van der Waals surface area contributed by atoms with Crippen molar-refractivity contribution in [2.45, 2.75) is 51.1 Å². The molecule has 0 saturated heterocycles. The number of carbonyl (C=O) groups excluding carboxylic acids is 1. The Balaban J connectivity index is 0.00000140. The highest BCUT2D eigenvalue weighted by atomic mass is 35.5. The summed E-state index contributed by atoms with van der Waals surface area (Å²) in [7, 11) is 0. The molecule has 2 aliphatic rings. The molecule has 2 unspecified atom stereocenters. The number of nitrogens with one attached hydrogen (secondary N) is 1. The van der Waals surface area contributed by atoms with E-state index in [4.69, 9.17) is 5.73 Å². The van der Waals surface area contributed by atoms with Crippen LogP contribution in [0.5, 0.6) is 0 Å². The minimum atomic E-state index is -0.276. The van der Waals surface area contributed by atoms with Crippen molar-refractivity contribution in [3.63, 3.8) is 0 Å². The number of nitrogens with two attached hydrogens (primary N) is 1. The molecule has 2 saturated carbocycles. The van der Waals surface area contributed by atoms with Crippen LogP contribution in [0.25, 0.3) is 10.6 Å². The van der Waals surface area contributed by atoms with E-state index < -0.39 is 0 Å². The molecule has 1 aromatic carbocycles. The number of amides is 1. The molecule has 154 valence electrons. The van der Waals surface area contributed by atoms with Gasteiger partial charge < -0.3 is 11.1 Å². The molecular formula is C20H26Cl2FN3OS. The minimum Gasteiger partial charge on any atom is -0.348 e. The van der Waals surface area contributed by atoms with E-state index in [1.807, 2.05) is 6.92 Å². The lowest BCUT2D eigenvalue weighted by molar-refractivity contribution is 0.0759. The summed E-state index contributed by atoms with van der Waals surface area (Å²) in [6.45, 7) is 1.86. The smallest absolute Gasteiger partial charge is 0.263 e. The SMILES string of the molecule is Cc1nc(-c2ccc(F)cc2)sc1C(=O)NC1C2CCCC1CC(N)C2.Cl.Cl. The number of carbonyl (C=O) groups is 1. The number of thiazole rings is 1. The van der Waals surface area contributed by atoms with Crippen LogP contribution in [0, 0.1) is 24.6 Å². The van der Waals surface area contributed by atoms with Crippen molar-refractivity contribution >= 4 is 42.1 Å². The summed E-state index contributed by atoms with van der Waals surface area (Å²) in [5.41, 5.74) is 7.74. The Bertz CT molecular complexity index is 800. The van der Waals surface area contributed by atoms with Crippen molar-refractivity contribution in [2.24, 2.45) is 17.6 Å². The topological polar surface area (TPSA) is 68.0 Å². The molecule has 8 heteroatoms. The van der Waals surface area contributed by atoms with Crippen molar-refractivity contribution in [1.29, 1.82) is 0 Å². The number of aromatic nitrogens is 1. The highest BCUT2D eigenvalue weighted by Gasteiger charge is 2.40. The first kappa shape index (κ1) is 23.1. The predicted octanol–water partition coefficient (Wildman–Crippen LogP) is 4.74. The molecule has 2 aromatic rings. The summed E-state index contributed by atoms with van der Waals surface area (Å²) in [5, 5.41) is 4.04. The van der Waals surface area contributed by atoms with Crippen LogP contribution in [0.15, 0.2) is 24.3 Å². The maximum Gasteiger partial charge on any atom is 0.263 e. The van der Waals surface area contributed by atoms with Gasteiger partial charge in [-0.1, -0.05) is 6.42 Å². The minimum absolute atomic E-state index is 0. The molecule has 0 spiro atoms. The van der Waals surface area contributed by atoms with Crippen LogP contribution in [0.1, 0.15) is 47.5 Å². The fourth-order valence-corrected chi connectivity index (χ4v) is 5.54. The number of rotatable bonds is 3. The first-order valence-electron chi connectivity index (χ1n) is 9.31. The predicted molar refractivity (Wildman–Crippen MR) is 116 cm³/mol. The fraction of sp³-hybridized carbons (Fsp3) is 0.500. The van der Waals surface area contributed by atoms with Gasteiger partial charge in [0.05, 0.1) is 5.69 Å². The number of hydrogen-bond acceptors (Lipinski definition) is 4. The number of aryl methyl sites for hydroxylation is 1. The van der Waals surface area contributed by atoms with Crippen LogP contribution in [0.4, 0.5) is 4.39 Å². The zero-order valence-electron chi connectivity index (χ0n) is 15.7. The average molecular weight is 446 g/mol. The summed E-state index contributed by atoms with van der Waals surface area (Å²) in [4.78, 5) is 18.1. The lowest BCUT2D eigenvalue weighted by Gasteiger charge is -2.45. The Morgan fingerprint density at radius 2 is 1.79 bits per heavy atom. The van der Waals surface area contributed by atoms with Gasteiger partial charge in [-0.25, -0.2) is 9.37 Å². The van der Waals surface area contributed by atoms with E-state index in [1.165, 1.54) is 29.9 Å². The molecule has 2 bridgehead atoms. The second-order valence-corrected chi connectivity index (χ2v) is 8.62. The quantitative estimate of drug-likeness (QED) is 0.716. The van der Waals surface area contributed by atoms with Crippen molar-refractivity contribution in [3.8, 4) is 10.6 Å². The molecule has 1 aromatic heterocycles. The van der Waals surface area contributed by atoms with Crippen LogP contribution in [0.3, 0.4) is 0 Å². The van der Waals surface area contributed by atoms with Crippen LogP contribution in [-0.2, 0) is 0 Å². The third-order valence-corrected chi connectivity index (χ3v) is 6.97. The number of hydrogen-bond donors (Lipinski definition) is 2. The second kappa shape index (κ2) is 9.53. The van der Waals surface area contributed by atoms with E-state index in [2.05, 4.69) is 10.3 Å². The molecule has 1 amide bonds. The molecule has 28 heavy (non-hydrogen) atoms. The van der Waals surface area contributed by atoms with Crippen molar-refractivity contribution in [1.82, 2.24) is 10.3 Å². The number of fused-ring (bicyclic) bond motifs is 2. The average Bonchev–Trinajstić information content (AvgIpc) is 2.98. The highest BCUT2D eigenvalue weighted by molar-refractivity contribution is 7.17. The summed E-state index contributed by atoms with van der Waals surface area (Å²) in [6, 6.07) is 6.72. The van der Waals surface area contributed by atoms with Crippen LogP contribution in [-0.4, -0.2) is 23.0 Å². The number of benzene rings is 1. The van der Waals surface area contributed by atoms with Gasteiger partial charge in [0.25, 0.3) is 5.91 Å². The van der Waals surface area contributed by atoms with E-state index in [0.717, 1.165) is 41.9 Å². The van der Waals surface area contributed by atoms with E-state index in [0.29, 0.717) is 16.7 Å². The van der Waals surface area contributed by atoms with E-state index in [-0.39, 0.29) is 48.6 Å². The van der Waals surface area contributed by atoms with Gasteiger partial charge in [-0.15, -0.1) is 36.2 Å². The molecule has 2 fully saturated rings. The van der Waals surface area contributed by atoms with Crippen molar-refractivity contribution < 1.29 is 9.18 Å². The van der Waals surface area contributed by atoms with Gasteiger partial charge in [0, 0.05) is 17.6 Å². The third-order valence-electron chi connectivity index (χ3n) is 5.77. The lowest BCUT2D eigenvalue weighted by atomic mass is 9.67. The monoisotopic (exact) mass is 445 g/mol. The first-order valence-corrected chi connectivity index (χ1v) is 10.1. The maximum atomic E-state index is 13.1. The van der Waals surface area contributed by atoms with E-state index in [1.54, 1.807) is 12.1 Å². The largest absolute Gasteiger partial charge is 0.348 e. The van der Waals surface area contributed by atoms with Crippen molar-refractivity contribution in [3.05, 3.63) is 40.7 Å². The van der Waals surface area contributed by atoms with E-state index >= 15 is 0 Å². The van der Waals surface area contributed by atoms with Crippen LogP contribution < -0.4 is 11.1 Å². The first-order chi connectivity index (χ1) is 12.5. The summed E-state index contributed by atoms with van der Waals surface area (Å²) in [5.74, 6) is 0.672. The van der Waals surface area contributed by atoms with Gasteiger partial charge >= 0.3 is 0 Å². The molecule has 3 N–H and O–H groups in total. The normalized spacial score (nSPS) is 26.0. The van der Waals surface area contributed by atoms with Gasteiger partial charge in [0.15, 0.2) is 0 Å². The molecule has 0 radical (unpaired) electrons. The second-order valence-electron chi connectivity index (χ2n) is 7.62. The zero-order chi connectivity index (χ0) is 18.3. The molecule has 1 heterocycles. The van der Waals surface area contributed by atoms with Gasteiger partial charge in [-0.05, 0) is 68.7 Å². The standard InChI is InChI=1S/C20H24FN3OS.2ClH/c1-11-18(26-20(23-11)12-5-7-15(21)8-6-12)19(25)24-17-13-3-2-4-14(17)10-16(22)9-13;;/h5-8,13-14,16-17H,2-4,9-10,22H2,1H3,(H,24,25);2*1H. The summed E-state index contributed by atoms with van der Waals surface area (Å²) < 4.78 is 13.1. The van der Waals surface area contributed by atoms with Gasteiger partial charge in [-0.3, -0.25) is 4.79 Å². The lowest BCUT2D eigenvalue weighted by Crippen LogP contribution is -2.53. The number of halogens is 3. The van der Waals surface area contributed by atoms with E-state index in [9.17, 15) is 9.18 Å². The highest BCUT2D eigenvalue weighted by Crippen LogP contribution is 2.40. The van der Waals surface area contributed by atoms with Crippen LogP contribution >= 0.6 is 36.2 Å². The molecule has 4 rings (SSSR count). The Kier molecular flexibility index (Phi) is 7.85. The van der Waals surface area contributed by atoms with Crippen LogP contribution in [0.2, 0.25) is 0 Å². The Morgan fingerprint density at radius 3 is 2.39 bits per heavy atom. The molecule has 0 aliphatic heterocycles. The molecule has 4 nitrogen and oxygen atoms in total. The van der Waals surface area contributed by atoms with Gasteiger partial charge in [0.1, 0.15) is 15.7 Å². The zero-order valence-corrected chi connectivity index (χ0v) is 18.1. The Labute approximate surface area is 181 Å². The van der Waals surface area contributed by atoms with Gasteiger partial charge in [0.2, 0.25) is 0 Å². The summed E-state index contributed by atoms with van der Waals surface area (Å²) in [6.07, 6.45) is 5.55. The van der Waals surface area contributed by atoms with Gasteiger partial charge in [-0.2, -0.15) is 0 Å². The fourth-order valence-electron chi connectivity index (χ4n) is 4.56. The third kappa shape index (κ3) is 4.67. The Hall–Kier alpha value is -1.21. The molecule has 2 atom stereocenters. The van der Waals surface area contributed by atoms with Crippen molar-refractivity contribution in [2.75, 3.05) is 0 Å². The number of nitrogens with zero attached hydrogens (tertiary/aromatic N) is 1. The molecule has 2 aliphatic carbocycles. The molecular weight excluding hydrogens is 420 g/mol.